The van der Waals surface area contributed by atoms with E-state index in [0.717, 1.165) is 79.1 Å². The number of carbonyl (C=O) groups is 1. The molecule has 1 aliphatic heterocycles. The van der Waals surface area contributed by atoms with Crippen LogP contribution in [0.25, 0.3) is 33.8 Å². The van der Waals surface area contributed by atoms with E-state index in [-0.39, 0.29) is 5.92 Å². The van der Waals surface area contributed by atoms with E-state index in [4.69, 9.17) is 10.7 Å². The van der Waals surface area contributed by atoms with E-state index in [2.05, 4.69) is 49.9 Å². The lowest BCUT2D eigenvalue weighted by Crippen LogP contribution is -2.47. The topological polar surface area (TPSA) is 115 Å². The molecule has 208 valence electrons. The van der Waals surface area contributed by atoms with E-state index in [9.17, 15) is 9.90 Å². The molecule has 0 radical (unpaired) electrons. The van der Waals surface area contributed by atoms with Crippen molar-refractivity contribution < 1.29 is 9.90 Å². The molecule has 5 aromatic rings. The molecular weight excluding hydrogens is 514 g/mol. The molecule has 3 aromatic heterocycles. The normalized spacial score (nSPS) is 19.8. The van der Waals surface area contributed by atoms with Crippen LogP contribution in [0.4, 0.5) is 5.82 Å². The first-order valence-electron chi connectivity index (χ1n) is 14.3. The number of imidazole rings is 1. The highest BCUT2D eigenvalue weighted by Crippen LogP contribution is 2.35. The lowest BCUT2D eigenvalue weighted by molar-refractivity contribution is -0.143. The number of benzene rings is 2. The van der Waals surface area contributed by atoms with Crippen LogP contribution in [0.3, 0.4) is 0 Å². The Labute approximate surface area is 238 Å². The molecule has 0 spiro atoms. The zero-order valence-corrected chi connectivity index (χ0v) is 22.8. The minimum Gasteiger partial charge on any atom is -0.481 e. The van der Waals surface area contributed by atoms with Crippen LogP contribution in [0.2, 0.25) is 0 Å². The van der Waals surface area contributed by atoms with Gasteiger partial charge in [0.2, 0.25) is 0 Å². The molecule has 0 atom stereocenters. The van der Waals surface area contributed by atoms with Crippen LogP contribution in [-0.4, -0.2) is 59.9 Å². The fraction of sp³-hybridized carbons (Fsp3) is 0.312. The average Bonchev–Trinajstić information content (AvgIpc) is 3.64. The summed E-state index contributed by atoms with van der Waals surface area (Å²) in [6.45, 7) is 3.18. The first-order valence-corrected chi connectivity index (χ1v) is 14.3. The Morgan fingerprint density at radius 3 is 2.44 bits per heavy atom. The highest BCUT2D eigenvalue weighted by Gasteiger charge is 2.32. The van der Waals surface area contributed by atoms with Gasteiger partial charge in [0.1, 0.15) is 11.6 Å². The van der Waals surface area contributed by atoms with Crippen LogP contribution in [-0.2, 0) is 4.79 Å². The summed E-state index contributed by atoms with van der Waals surface area (Å²) < 4.78 is 4.00. The zero-order valence-electron chi connectivity index (χ0n) is 22.8. The number of carboxylic acids is 1. The number of aromatic nitrogens is 5. The molecule has 2 aliphatic rings. The second kappa shape index (κ2) is 10.5. The summed E-state index contributed by atoms with van der Waals surface area (Å²) in [4.78, 5) is 23.1. The van der Waals surface area contributed by atoms with Crippen LogP contribution in [0.15, 0.2) is 79.3 Å². The fourth-order valence-corrected chi connectivity index (χ4v) is 6.46. The number of nitrogens with zero attached hydrogens (tertiary/aromatic N) is 6. The van der Waals surface area contributed by atoms with E-state index in [0.29, 0.717) is 17.7 Å². The van der Waals surface area contributed by atoms with E-state index in [1.165, 1.54) is 5.56 Å². The molecule has 9 heteroatoms. The first kappa shape index (κ1) is 25.5. The molecule has 1 saturated heterocycles. The Kier molecular flexibility index (Phi) is 6.51. The molecule has 41 heavy (non-hydrogen) atoms. The summed E-state index contributed by atoms with van der Waals surface area (Å²) in [6, 6.07) is 20.7. The molecule has 1 aliphatic carbocycles. The number of carboxylic acid groups (broad SMARTS) is 1. The first-order chi connectivity index (χ1) is 20.0. The smallest absolute Gasteiger partial charge is 0.306 e. The lowest BCUT2D eigenvalue weighted by Gasteiger charge is -2.42. The predicted octanol–water partition coefficient (Wildman–Crippen LogP) is 5.15. The number of rotatable bonds is 7. The van der Waals surface area contributed by atoms with E-state index in [1.807, 2.05) is 41.2 Å². The molecule has 9 nitrogen and oxygen atoms in total. The van der Waals surface area contributed by atoms with Crippen molar-refractivity contribution in [2.24, 2.45) is 11.8 Å². The van der Waals surface area contributed by atoms with Crippen molar-refractivity contribution in [1.82, 2.24) is 29.2 Å². The van der Waals surface area contributed by atoms with Crippen LogP contribution < -0.4 is 5.73 Å². The number of nitrogen functional groups attached to an aromatic ring is 1. The molecular formula is C32H33N7O2. The zero-order chi connectivity index (χ0) is 27.9. The minimum atomic E-state index is -0.631. The maximum atomic E-state index is 11.3. The SMILES string of the molecule is Nc1ncccc1-c1nc2ccc(-n3cccn3)cc2n1-c1ccc(C2CN(C[C@H]3CC[C@H](C(=O)O)CC3)C2)cc1. The van der Waals surface area contributed by atoms with Gasteiger partial charge in [-0.25, -0.2) is 14.6 Å². The molecule has 2 aromatic carbocycles. The Bertz CT molecular complexity index is 1680. The number of nitrogens with two attached hydrogens (primary N) is 1. The third-order valence-corrected chi connectivity index (χ3v) is 8.78. The van der Waals surface area contributed by atoms with Crippen molar-refractivity contribution in [2.75, 3.05) is 25.4 Å². The summed E-state index contributed by atoms with van der Waals surface area (Å²) in [5.41, 5.74) is 12.2. The molecule has 0 unspecified atom stereocenters. The fourth-order valence-electron chi connectivity index (χ4n) is 6.46. The highest BCUT2D eigenvalue weighted by atomic mass is 16.4. The molecule has 3 N–H and O–H groups in total. The number of aliphatic carboxylic acids is 1. The predicted molar refractivity (Wildman–Crippen MR) is 158 cm³/mol. The standard InChI is InChI=1S/C32H33N7O2/c33-30-27(3-1-14-34-30)31-36-28-13-12-26(38-16-2-15-35-38)17-29(28)39(31)25-10-8-22(9-11-25)24-19-37(20-24)18-21-4-6-23(7-5-21)32(40)41/h1-3,8-17,21,23-24H,4-7,18-20H2,(H2,33,34)(H,40,41)/t21-,23-. The maximum Gasteiger partial charge on any atom is 0.306 e. The highest BCUT2D eigenvalue weighted by molar-refractivity contribution is 5.86. The van der Waals surface area contributed by atoms with Gasteiger partial charge < -0.3 is 15.7 Å². The molecule has 7 rings (SSSR count). The number of fused-ring (bicyclic) bond motifs is 1. The van der Waals surface area contributed by atoms with Crippen molar-refractivity contribution in [3.05, 3.63) is 84.8 Å². The van der Waals surface area contributed by atoms with Crippen molar-refractivity contribution in [3.8, 4) is 22.8 Å². The van der Waals surface area contributed by atoms with Crippen LogP contribution in [0.1, 0.15) is 37.2 Å². The number of hydrogen-bond acceptors (Lipinski definition) is 6. The van der Waals surface area contributed by atoms with Gasteiger partial charge in [0.15, 0.2) is 0 Å². The quantitative estimate of drug-likeness (QED) is 0.290. The number of anilines is 1. The maximum absolute atomic E-state index is 11.3. The van der Waals surface area contributed by atoms with Crippen molar-refractivity contribution >= 4 is 22.8 Å². The second-order valence-corrected chi connectivity index (χ2v) is 11.4. The van der Waals surface area contributed by atoms with Gasteiger partial charge in [0, 0.05) is 49.8 Å². The van der Waals surface area contributed by atoms with Gasteiger partial charge in [0.05, 0.1) is 28.2 Å². The van der Waals surface area contributed by atoms with Crippen molar-refractivity contribution in [1.29, 1.82) is 0 Å². The van der Waals surface area contributed by atoms with Crippen molar-refractivity contribution in [2.45, 2.75) is 31.6 Å². The Morgan fingerprint density at radius 1 is 0.951 bits per heavy atom. The monoisotopic (exact) mass is 547 g/mol. The molecule has 1 saturated carbocycles. The summed E-state index contributed by atoms with van der Waals surface area (Å²) in [5, 5.41) is 13.7. The van der Waals surface area contributed by atoms with E-state index >= 15 is 0 Å². The van der Waals surface area contributed by atoms with E-state index in [1.54, 1.807) is 12.4 Å². The van der Waals surface area contributed by atoms with Crippen molar-refractivity contribution in [3.63, 3.8) is 0 Å². The Morgan fingerprint density at radius 2 is 1.73 bits per heavy atom. The number of likely N-dealkylation sites (tertiary alicyclic amines) is 1. The summed E-state index contributed by atoms with van der Waals surface area (Å²) >= 11 is 0. The van der Waals surface area contributed by atoms with Gasteiger partial charge in [-0.15, -0.1) is 0 Å². The molecule has 2 fully saturated rings. The van der Waals surface area contributed by atoms with Gasteiger partial charge in [-0.3, -0.25) is 9.36 Å². The van der Waals surface area contributed by atoms with Crippen LogP contribution in [0, 0.1) is 11.8 Å². The summed E-state index contributed by atoms with van der Waals surface area (Å²) in [7, 11) is 0. The Hall–Kier alpha value is -4.50. The molecule has 0 amide bonds. The molecule has 4 heterocycles. The van der Waals surface area contributed by atoms with Gasteiger partial charge >= 0.3 is 5.97 Å². The minimum absolute atomic E-state index is 0.145. The summed E-state index contributed by atoms with van der Waals surface area (Å²) in [5.74, 6) is 1.55. The second-order valence-electron chi connectivity index (χ2n) is 11.4. The van der Waals surface area contributed by atoms with E-state index < -0.39 is 5.97 Å². The van der Waals surface area contributed by atoms with Gasteiger partial charge in [-0.1, -0.05) is 12.1 Å². The molecule has 0 bridgehead atoms. The number of hydrogen-bond donors (Lipinski definition) is 2. The van der Waals surface area contributed by atoms with Gasteiger partial charge in [-0.05, 0) is 85.7 Å². The summed E-state index contributed by atoms with van der Waals surface area (Å²) in [6.07, 6.45) is 9.08. The van der Waals surface area contributed by atoms with Crippen LogP contribution in [0.5, 0.6) is 0 Å². The third kappa shape index (κ3) is 4.86. The third-order valence-electron chi connectivity index (χ3n) is 8.78. The van der Waals surface area contributed by atoms with Crippen LogP contribution >= 0.6 is 0 Å². The van der Waals surface area contributed by atoms with Gasteiger partial charge in [0.25, 0.3) is 0 Å². The largest absolute Gasteiger partial charge is 0.481 e. The average molecular weight is 548 g/mol. The number of pyridine rings is 1. The Balaban J connectivity index is 1.13. The lowest BCUT2D eigenvalue weighted by atomic mass is 9.80. The van der Waals surface area contributed by atoms with Gasteiger partial charge in [-0.2, -0.15) is 5.10 Å².